The molecule has 0 spiro atoms. The first-order chi connectivity index (χ1) is 19.4. The van der Waals surface area contributed by atoms with Crippen LogP contribution in [-0.4, -0.2) is 23.0 Å². The monoisotopic (exact) mass is 541 g/mol. The predicted octanol–water partition coefficient (Wildman–Crippen LogP) is 10.0. The zero-order valence-electron chi connectivity index (χ0n) is 25.7. The Labute approximate surface area is 245 Å². The third kappa shape index (κ3) is 7.67. The lowest BCUT2D eigenvalue weighted by Crippen LogP contribution is -2.31. The maximum absolute atomic E-state index is 10.8. The lowest BCUT2D eigenvalue weighted by atomic mass is 9.73. The molecular weight excluding hydrogens is 486 g/mol. The van der Waals surface area contributed by atoms with Crippen molar-refractivity contribution < 1.29 is 5.11 Å². The number of aliphatic hydroxyl groups excluding tert-OH is 1. The van der Waals surface area contributed by atoms with Gasteiger partial charge in [-0.3, -0.25) is 4.99 Å². The molecule has 0 aliphatic heterocycles. The first-order valence-electron chi connectivity index (χ1n) is 16.8. The Kier molecular flexibility index (Phi) is 10.2. The van der Waals surface area contributed by atoms with Crippen LogP contribution in [-0.2, 0) is 0 Å². The minimum absolute atomic E-state index is 0.280. The summed E-state index contributed by atoms with van der Waals surface area (Å²) in [6.07, 6.45) is 31.4. The van der Waals surface area contributed by atoms with Gasteiger partial charge in [0, 0.05) is 0 Å². The second-order valence-electron chi connectivity index (χ2n) is 13.9. The van der Waals surface area contributed by atoms with Gasteiger partial charge in [0.25, 0.3) is 0 Å². The summed E-state index contributed by atoms with van der Waals surface area (Å²) in [5.74, 6) is 3.08. The van der Waals surface area contributed by atoms with Gasteiger partial charge in [0.15, 0.2) is 0 Å². The largest absolute Gasteiger partial charge is 0.393 e. The van der Waals surface area contributed by atoms with Crippen molar-refractivity contribution in [3.63, 3.8) is 0 Å². The summed E-state index contributed by atoms with van der Waals surface area (Å²) in [4.78, 5) is 5.60. The molecule has 0 aromatic heterocycles. The Hall–Kier alpha value is -1.93. The Morgan fingerprint density at radius 1 is 1.02 bits per heavy atom. The molecule has 5 rings (SSSR count). The maximum atomic E-state index is 10.8. The maximum Gasteiger partial charge on any atom is 0.0611 e. The van der Waals surface area contributed by atoms with Gasteiger partial charge >= 0.3 is 0 Å². The van der Waals surface area contributed by atoms with E-state index in [1.165, 1.54) is 74.6 Å². The summed E-state index contributed by atoms with van der Waals surface area (Å²) in [5, 5.41) is 10.8. The van der Waals surface area contributed by atoms with Gasteiger partial charge in [0.2, 0.25) is 0 Å². The second kappa shape index (κ2) is 13.8. The molecule has 0 radical (unpaired) electrons. The fourth-order valence-corrected chi connectivity index (χ4v) is 8.17. The van der Waals surface area contributed by atoms with Crippen molar-refractivity contribution in [2.45, 2.75) is 129 Å². The van der Waals surface area contributed by atoms with Crippen LogP contribution in [0.3, 0.4) is 0 Å². The number of aliphatic imine (C=N–C) groups is 1. The van der Waals surface area contributed by atoms with Crippen LogP contribution in [0, 0.1) is 29.6 Å². The zero-order chi connectivity index (χ0) is 28.1. The van der Waals surface area contributed by atoms with Crippen LogP contribution < -0.4 is 0 Å². The van der Waals surface area contributed by atoms with Gasteiger partial charge in [-0.05, 0) is 138 Å². The first-order valence-corrected chi connectivity index (χ1v) is 16.8. The number of hydrogen-bond donors (Lipinski definition) is 1. The number of nitrogens with zero attached hydrogens (tertiary/aromatic N) is 1. The van der Waals surface area contributed by atoms with Crippen LogP contribution in [0.1, 0.15) is 117 Å². The molecule has 3 fully saturated rings. The quantitative estimate of drug-likeness (QED) is 0.305. The van der Waals surface area contributed by atoms with Gasteiger partial charge < -0.3 is 5.11 Å². The smallest absolute Gasteiger partial charge is 0.0611 e. The Morgan fingerprint density at radius 3 is 2.58 bits per heavy atom. The van der Waals surface area contributed by atoms with E-state index in [0.717, 1.165) is 50.4 Å². The van der Waals surface area contributed by atoms with E-state index in [2.05, 4.69) is 56.9 Å². The molecule has 0 amide bonds. The number of hydrogen-bond acceptors (Lipinski definition) is 2. The Morgan fingerprint density at radius 2 is 1.82 bits per heavy atom. The molecule has 0 heterocycles. The van der Waals surface area contributed by atoms with E-state index < -0.39 is 0 Å². The van der Waals surface area contributed by atoms with E-state index in [-0.39, 0.29) is 6.10 Å². The van der Waals surface area contributed by atoms with Crippen molar-refractivity contribution in [3.05, 3.63) is 70.9 Å². The van der Waals surface area contributed by atoms with Gasteiger partial charge in [0.05, 0.1) is 17.9 Å². The number of aliphatic hydroxyl groups is 1. The third-order valence-corrected chi connectivity index (χ3v) is 10.8. The highest BCUT2D eigenvalue weighted by atomic mass is 16.3. The molecule has 218 valence electrons. The lowest BCUT2D eigenvalue weighted by Gasteiger charge is -2.35. The Bertz CT molecular complexity index is 1090. The number of fused-ring (bicyclic) bond motifs is 1. The molecule has 0 aromatic rings. The SMILES string of the molecule is C=C(CCC1=CCC=CC=C1)CC(C(C)O)C1CCC(N=C2C=C3CC3CCCC(C)/C2=C2/CCCC2C)CC1. The predicted molar refractivity (Wildman–Crippen MR) is 172 cm³/mol. The highest BCUT2D eigenvalue weighted by Gasteiger charge is 2.35. The lowest BCUT2D eigenvalue weighted by molar-refractivity contribution is 0.0695. The van der Waals surface area contributed by atoms with E-state index in [0.29, 0.717) is 23.8 Å². The molecular formula is C38H55NO. The zero-order valence-corrected chi connectivity index (χ0v) is 25.7. The second-order valence-corrected chi connectivity index (χ2v) is 13.9. The normalized spacial score (nSPS) is 35.1. The van der Waals surface area contributed by atoms with E-state index in [9.17, 15) is 5.11 Å². The fraction of sp³-hybridized carbons (Fsp3) is 0.658. The number of rotatable bonds is 8. The van der Waals surface area contributed by atoms with E-state index in [1.807, 2.05) is 6.92 Å². The average Bonchev–Trinajstić information content (AvgIpc) is 3.61. The molecule has 0 saturated heterocycles. The minimum atomic E-state index is -0.280. The molecule has 5 aliphatic rings. The highest BCUT2D eigenvalue weighted by Crippen LogP contribution is 2.46. The van der Waals surface area contributed by atoms with Crippen molar-refractivity contribution in [2.75, 3.05) is 0 Å². The molecule has 2 nitrogen and oxygen atoms in total. The van der Waals surface area contributed by atoms with E-state index in [1.54, 1.807) is 16.7 Å². The third-order valence-electron chi connectivity index (χ3n) is 10.8. The van der Waals surface area contributed by atoms with E-state index in [4.69, 9.17) is 4.99 Å². The van der Waals surface area contributed by atoms with E-state index >= 15 is 0 Å². The number of allylic oxidation sites excluding steroid dienone is 11. The van der Waals surface area contributed by atoms with Gasteiger partial charge in [-0.15, -0.1) is 0 Å². The first kappa shape index (κ1) is 29.6. The van der Waals surface area contributed by atoms with Gasteiger partial charge in [-0.2, -0.15) is 0 Å². The summed E-state index contributed by atoms with van der Waals surface area (Å²) < 4.78 is 0. The molecule has 5 atom stereocenters. The van der Waals surface area contributed by atoms with Crippen molar-refractivity contribution in [1.29, 1.82) is 0 Å². The molecule has 5 aliphatic carbocycles. The van der Waals surface area contributed by atoms with Gasteiger partial charge in [-0.1, -0.05) is 79.5 Å². The molecule has 5 unspecified atom stereocenters. The van der Waals surface area contributed by atoms with Crippen LogP contribution in [0.4, 0.5) is 0 Å². The van der Waals surface area contributed by atoms with Crippen molar-refractivity contribution in [1.82, 2.24) is 0 Å². The van der Waals surface area contributed by atoms with Gasteiger partial charge in [-0.25, -0.2) is 0 Å². The molecule has 2 heteroatoms. The highest BCUT2D eigenvalue weighted by molar-refractivity contribution is 6.10. The van der Waals surface area contributed by atoms with Gasteiger partial charge in [0.1, 0.15) is 0 Å². The van der Waals surface area contributed by atoms with Crippen molar-refractivity contribution in [2.24, 2.45) is 34.6 Å². The standard InChI is InChI=1S/C38H55NO/c1-26(17-18-30-13-7-5-6-8-14-30)23-36(29(4)40)31-19-21-34(22-20-31)39-37-25-33-24-32(33)15-9-12-28(3)38(37)35-16-10-11-27(35)2/h5-7,13-14,25,27-29,31-32,34,36,40H,1,8-12,15-24H2,2-4H3/b33-25?,38-35+,39-37?. The summed E-state index contributed by atoms with van der Waals surface area (Å²) in [6, 6.07) is 0.431. The fourth-order valence-electron chi connectivity index (χ4n) is 8.17. The van der Waals surface area contributed by atoms with Crippen LogP contribution in [0.25, 0.3) is 0 Å². The average molecular weight is 542 g/mol. The summed E-state index contributed by atoms with van der Waals surface area (Å²) in [5.41, 5.74) is 9.12. The molecule has 1 N–H and O–H groups in total. The van der Waals surface area contributed by atoms with Crippen LogP contribution in [0.2, 0.25) is 0 Å². The van der Waals surface area contributed by atoms with Crippen molar-refractivity contribution in [3.8, 4) is 0 Å². The molecule has 40 heavy (non-hydrogen) atoms. The summed E-state index contributed by atoms with van der Waals surface area (Å²) in [7, 11) is 0. The van der Waals surface area contributed by atoms with Crippen LogP contribution in [0.15, 0.2) is 75.9 Å². The molecule has 0 bridgehead atoms. The van der Waals surface area contributed by atoms with Crippen molar-refractivity contribution >= 4 is 5.71 Å². The minimum Gasteiger partial charge on any atom is -0.393 e. The van der Waals surface area contributed by atoms with Crippen LogP contribution >= 0.6 is 0 Å². The molecule has 0 aromatic carbocycles. The summed E-state index contributed by atoms with van der Waals surface area (Å²) in [6.45, 7) is 11.4. The topological polar surface area (TPSA) is 32.6 Å². The summed E-state index contributed by atoms with van der Waals surface area (Å²) >= 11 is 0. The molecule has 3 saturated carbocycles. The van der Waals surface area contributed by atoms with Crippen LogP contribution in [0.5, 0.6) is 0 Å². The Balaban J connectivity index is 1.24.